The smallest absolute Gasteiger partial charge is 0.180 e. The van der Waals surface area contributed by atoms with Crippen LogP contribution in [0.3, 0.4) is 0 Å². The molecule has 5 rings (SSSR count). The van der Waals surface area contributed by atoms with Gasteiger partial charge in [0.2, 0.25) is 0 Å². The van der Waals surface area contributed by atoms with Crippen molar-refractivity contribution >= 4 is 0 Å². The van der Waals surface area contributed by atoms with Gasteiger partial charge in [-0.25, -0.2) is 9.36 Å². The largest absolute Gasteiger partial charge is 0.394 e. The number of nitrogens with zero attached hydrogens (tertiary/aromatic N) is 6. The predicted octanol–water partition coefficient (Wildman–Crippen LogP) is -0.766. The van der Waals surface area contributed by atoms with Crippen molar-refractivity contribution in [2.75, 3.05) is 6.61 Å². The fraction of sp³-hybridized carbons (Fsp3) is 0.545. The lowest BCUT2D eigenvalue weighted by atomic mass is 10.0. The normalized spacial score (nSPS) is 33.7. The van der Waals surface area contributed by atoms with Crippen LogP contribution in [0.4, 0.5) is 0 Å². The highest BCUT2D eigenvalue weighted by molar-refractivity contribution is 5.65. The van der Waals surface area contributed by atoms with E-state index in [4.69, 9.17) is 9.47 Å². The average molecular weight is 489 g/mol. The minimum absolute atomic E-state index is 0.115. The van der Waals surface area contributed by atoms with Crippen molar-refractivity contribution in [2.45, 2.75) is 68.8 Å². The van der Waals surface area contributed by atoms with Crippen molar-refractivity contribution in [3.63, 3.8) is 0 Å². The second kappa shape index (κ2) is 9.70. The number of aromatic nitrogens is 6. The third-order valence-corrected chi connectivity index (χ3v) is 6.41. The molecule has 13 heteroatoms. The highest BCUT2D eigenvalue weighted by atomic mass is 16.5. The molecule has 0 radical (unpaired) electrons. The van der Waals surface area contributed by atoms with Gasteiger partial charge in [0.15, 0.2) is 12.5 Å². The predicted molar refractivity (Wildman–Crippen MR) is 118 cm³/mol. The first-order valence-electron chi connectivity index (χ1n) is 11.4. The molecule has 13 nitrogen and oxygen atoms in total. The van der Waals surface area contributed by atoms with Gasteiger partial charge >= 0.3 is 0 Å². The molecule has 8 atom stereocenters. The second-order valence-corrected chi connectivity index (χ2v) is 8.98. The van der Waals surface area contributed by atoms with E-state index in [9.17, 15) is 25.5 Å². The van der Waals surface area contributed by atoms with Gasteiger partial charge in [0.05, 0.1) is 37.3 Å². The van der Waals surface area contributed by atoms with Gasteiger partial charge in [-0.05, 0) is 6.92 Å². The Morgan fingerprint density at radius 2 is 1.40 bits per heavy atom. The number of aliphatic hydroxyl groups excluding tert-OH is 5. The summed E-state index contributed by atoms with van der Waals surface area (Å²) in [6.07, 6.45) is -3.03. The number of aliphatic hydroxyl groups is 5. The molecule has 0 spiro atoms. The minimum atomic E-state index is -1.16. The van der Waals surface area contributed by atoms with Crippen LogP contribution in [0, 0.1) is 0 Å². The number of rotatable bonds is 5. The van der Waals surface area contributed by atoms with Crippen LogP contribution in [-0.4, -0.2) is 98.8 Å². The summed E-state index contributed by atoms with van der Waals surface area (Å²) in [5, 5.41) is 66.1. The van der Waals surface area contributed by atoms with Crippen molar-refractivity contribution < 1.29 is 35.0 Å². The highest BCUT2D eigenvalue weighted by Gasteiger charge is 2.38. The lowest BCUT2D eigenvalue weighted by Crippen LogP contribution is -2.48. The van der Waals surface area contributed by atoms with E-state index in [-0.39, 0.29) is 12.5 Å². The van der Waals surface area contributed by atoms with Gasteiger partial charge in [-0.2, -0.15) is 0 Å². The van der Waals surface area contributed by atoms with E-state index in [1.165, 1.54) is 9.36 Å². The topological polar surface area (TPSA) is 181 Å². The Balaban J connectivity index is 1.30. The number of ether oxygens (including phenoxy) is 2. The van der Waals surface area contributed by atoms with E-state index < -0.39 is 49.6 Å². The van der Waals surface area contributed by atoms with Gasteiger partial charge in [0.25, 0.3) is 0 Å². The van der Waals surface area contributed by atoms with Crippen molar-refractivity contribution in [3.8, 4) is 22.5 Å². The molecule has 2 aromatic heterocycles. The van der Waals surface area contributed by atoms with Crippen LogP contribution in [0.2, 0.25) is 0 Å². The number of benzene rings is 1. The maximum Gasteiger partial charge on any atom is 0.180 e. The second-order valence-electron chi connectivity index (χ2n) is 8.98. The zero-order chi connectivity index (χ0) is 24.7. The van der Waals surface area contributed by atoms with Crippen LogP contribution < -0.4 is 0 Å². The van der Waals surface area contributed by atoms with E-state index in [1.54, 1.807) is 12.4 Å². The summed E-state index contributed by atoms with van der Waals surface area (Å²) in [7, 11) is 0. The molecule has 0 saturated carbocycles. The van der Waals surface area contributed by atoms with Crippen LogP contribution in [0.25, 0.3) is 22.5 Å². The summed E-state index contributed by atoms with van der Waals surface area (Å²) < 4.78 is 14.2. The quantitative estimate of drug-likeness (QED) is 0.304. The summed E-state index contributed by atoms with van der Waals surface area (Å²) >= 11 is 0. The molecule has 2 fully saturated rings. The maximum absolute atomic E-state index is 10.3. The Hall–Kier alpha value is -2.78. The van der Waals surface area contributed by atoms with Crippen LogP contribution in [0.15, 0.2) is 36.7 Å². The zero-order valence-electron chi connectivity index (χ0n) is 18.9. The Morgan fingerprint density at radius 3 is 2.03 bits per heavy atom. The molecule has 4 heterocycles. The molecule has 5 unspecified atom stereocenters. The van der Waals surface area contributed by atoms with Gasteiger partial charge in [-0.1, -0.05) is 34.7 Å². The first kappa shape index (κ1) is 23.9. The SMILES string of the molecule is CC1CC(O)C(O)[C@@H](n2cc(-c3ccc(-c4cn([C@@H]5CC(O)[C@H](O)C(CO)O5)nn4)cc3)nn2)O1. The molecular weight excluding hydrogens is 460 g/mol. The molecule has 2 aliphatic rings. The van der Waals surface area contributed by atoms with E-state index >= 15 is 0 Å². The van der Waals surface area contributed by atoms with Crippen LogP contribution in [0.5, 0.6) is 0 Å². The van der Waals surface area contributed by atoms with Crippen LogP contribution in [0.1, 0.15) is 32.2 Å². The first-order chi connectivity index (χ1) is 16.8. The Kier molecular flexibility index (Phi) is 6.63. The first-order valence-corrected chi connectivity index (χ1v) is 11.4. The minimum Gasteiger partial charge on any atom is -0.394 e. The fourth-order valence-corrected chi connectivity index (χ4v) is 4.41. The van der Waals surface area contributed by atoms with Crippen molar-refractivity contribution in [3.05, 3.63) is 36.7 Å². The van der Waals surface area contributed by atoms with Gasteiger partial charge in [0.1, 0.15) is 29.7 Å². The van der Waals surface area contributed by atoms with Gasteiger partial charge < -0.3 is 35.0 Å². The summed E-state index contributed by atoms with van der Waals surface area (Å²) in [4.78, 5) is 0. The van der Waals surface area contributed by atoms with Crippen molar-refractivity contribution in [1.29, 1.82) is 0 Å². The molecule has 1 aromatic carbocycles. The lowest BCUT2D eigenvalue weighted by Gasteiger charge is -2.35. The fourth-order valence-electron chi connectivity index (χ4n) is 4.41. The summed E-state index contributed by atoms with van der Waals surface area (Å²) in [5.41, 5.74) is 2.71. The number of hydrogen-bond donors (Lipinski definition) is 5. The molecule has 0 aliphatic carbocycles. The summed E-state index contributed by atoms with van der Waals surface area (Å²) in [6.45, 7) is 1.40. The van der Waals surface area contributed by atoms with Crippen LogP contribution in [-0.2, 0) is 9.47 Å². The van der Waals surface area contributed by atoms with E-state index in [1.807, 2.05) is 31.2 Å². The molecule has 2 aliphatic heterocycles. The molecule has 188 valence electrons. The number of hydrogen-bond acceptors (Lipinski definition) is 11. The van der Waals surface area contributed by atoms with Crippen molar-refractivity contribution in [2.24, 2.45) is 0 Å². The van der Waals surface area contributed by atoms with Gasteiger partial charge in [-0.3, -0.25) is 0 Å². The highest BCUT2D eigenvalue weighted by Crippen LogP contribution is 2.30. The monoisotopic (exact) mass is 488 g/mol. The molecular formula is C22H28N6O7. The Bertz CT molecular complexity index is 1140. The van der Waals surface area contributed by atoms with Gasteiger partial charge in [0, 0.05) is 24.0 Å². The molecule has 5 N–H and O–H groups in total. The zero-order valence-corrected chi connectivity index (χ0v) is 18.9. The maximum atomic E-state index is 10.3. The summed E-state index contributed by atoms with van der Waals surface area (Å²) in [6, 6.07) is 7.38. The molecule has 0 amide bonds. The molecule has 3 aromatic rings. The third-order valence-electron chi connectivity index (χ3n) is 6.41. The molecule has 35 heavy (non-hydrogen) atoms. The van der Waals surface area contributed by atoms with Gasteiger partial charge in [-0.15, -0.1) is 10.2 Å². The standard InChI is InChI=1S/C22H28N6O7/c1-11-6-16(30)21(33)22(34-11)28-9-15(24-26-28)13-4-2-12(3-5-13)14-8-27(25-23-14)19-7-17(31)20(32)18(10-29)35-19/h2-5,8-9,11,16-22,29-33H,6-7,10H2,1H3/t11?,16?,17?,18?,19-,20-,21?,22-/m0/s1. The third kappa shape index (κ3) is 4.71. The van der Waals surface area contributed by atoms with E-state index in [2.05, 4.69) is 20.6 Å². The lowest BCUT2D eigenvalue weighted by molar-refractivity contribution is -0.204. The average Bonchev–Trinajstić information content (AvgIpc) is 3.54. The van der Waals surface area contributed by atoms with E-state index in [0.717, 1.165) is 11.1 Å². The van der Waals surface area contributed by atoms with Crippen molar-refractivity contribution in [1.82, 2.24) is 30.0 Å². The Labute approximate surface area is 200 Å². The van der Waals surface area contributed by atoms with E-state index in [0.29, 0.717) is 17.8 Å². The summed E-state index contributed by atoms with van der Waals surface area (Å²) in [5.74, 6) is 0. The molecule has 0 bridgehead atoms. The molecule has 2 saturated heterocycles. The Morgan fingerprint density at radius 1 is 0.829 bits per heavy atom. The van der Waals surface area contributed by atoms with Crippen LogP contribution >= 0.6 is 0 Å².